The van der Waals surface area contributed by atoms with Crippen LogP contribution in [0.2, 0.25) is 0 Å². The molecule has 2 aliphatic rings. The molecule has 1 aliphatic carbocycles. The van der Waals surface area contributed by atoms with Gasteiger partial charge in [0.05, 0.1) is 11.5 Å². The summed E-state index contributed by atoms with van der Waals surface area (Å²) in [6.45, 7) is 1.22. The Morgan fingerprint density at radius 2 is 1.64 bits per heavy atom. The van der Waals surface area contributed by atoms with Crippen molar-refractivity contribution in [3.8, 4) is 0 Å². The summed E-state index contributed by atoms with van der Waals surface area (Å²) in [5.41, 5.74) is 7.95. The molecule has 0 unspecified atom stereocenters. The van der Waals surface area contributed by atoms with Crippen molar-refractivity contribution in [3.05, 3.63) is 64.7 Å². The first-order valence-corrected chi connectivity index (χ1v) is 8.43. The van der Waals surface area contributed by atoms with Crippen LogP contribution >= 0.6 is 0 Å². The van der Waals surface area contributed by atoms with Crippen molar-refractivity contribution in [1.82, 2.24) is 0 Å². The van der Waals surface area contributed by atoms with E-state index in [9.17, 15) is 14.4 Å². The van der Waals surface area contributed by atoms with Gasteiger partial charge in [-0.2, -0.15) is 0 Å². The summed E-state index contributed by atoms with van der Waals surface area (Å²) >= 11 is 0. The number of piperidine rings is 1. The van der Waals surface area contributed by atoms with Gasteiger partial charge >= 0.3 is 0 Å². The number of carbonyl (C=O) groups is 3. The summed E-state index contributed by atoms with van der Waals surface area (Å²) < 4.78 is 0. The first kappa shape index (κ1) is 15.6. The highest BCUT2D eigenvalue weighted by molar-refractivity contribution is 6.30. The number of primary amides is 1. The van der Waals surface area contributed by atoms with E-state index < -0.39 is 0 Å². The van der Waals surface area contributed by atoms with Crippen LogP contribution in [0.1, 0.15) is 44.7 Å². The zero-order valence-electron chi connectivity index (χ0n) is 13.7. The lowest BCUT2D eigenvalue weighted by Gasteiger charge is -2.35. The average molecular weight is 334 g/mol. The van der Waals surface area contributed by atoms with Crippen LogP contribution in [0.15, 0.2) is 42.5 Å². The zero-order valence-corrected chi connectivity index (χ0v) is 13.7. The molecule has 0 bridgehead atoms. The molecule has 0 spiro atoms. The van der Waals surface area contributed by atoms with Crippen LogP contribution in [-0.2, 0) is 4.79 Å². The number of amides is 1. The number of hydrogen-bond donors (Lipinski definition) is 1. The van der Waals surface area contributed by atoms with Crippen molar-refractivity contribution in [1.29, 1.82) is 0 Å². The van der Waals surface area contributed by atoms with Crippen LogP contribution < -0.4 is 10.6 Å². The van der Waals surface area contributed by atoms with E-state index in [0.29, 0.717) is 28.8 Å². The van der Waals surface area contributed by atoms with Crippen LogP contribution in [0.5, 0.6) is 0 Å². The summed E-state index contributed by atoms with van der Waals surface area (Å²) in [5, 5.41) is 0. The standard InChI is InChI=1S/C20H18N2O3/c21-20(25)12-5-4-10-22(11-12)16-9-3-8-15-17(16)19(24)14-7-2-1-6-13(14)18(15)23/h1-3,6-9,12H,4-5,10-11H2,(H2,21,25)/t12-/m1/s1. The van der Waals surface area contributed by atoms with E-state index in [1.165, 1.54) is 0 Å². The smallest absolute Gasteiger partial charge is 0.222 e. The van der Waals surface area contributed by atoms with E-state index in [4.69, 9.17) is 5.73 Å². The average Bonchev–Trinajstić information content (AvgIpc) is 2.65. The van der Waals surface area contributed by atoms with Gasteiger partial charge in [-0.05, 0) is 18.9 Å². The summed E-state index contributed by atoms with van der Waals surface area (Å²) in [4.78, 5) is 39.5. The molecule has 2 aromatic rings. The maximum Gasteiger partial charge on any atom is 0.222 e. The largest absolute Gasteiger partial charge is 0.370 e. The van der Waals surface area contributed by atoms with Gasteiger partial charge in [-0.25, -0.2) is 0 Å². The highest BCUT2D eigenvalue weighted by atomic mass is 16.1. The molecule has 0 radical (unpaired) electrons. The van der Waals surface area contributed by atoms with Gasteiger partial charge in [0.15, 0.2) is 11.6 Å². The van der Waals surface area contributed by atoms with E-state index in [1.807, 2.05) is 11.0 Å². The predicted molar refractivity (Wildman–Crippen MR) is 93.9 cm³/mol. The highest BCUT2D eigenvalue weighted by Crippen LogP contribution is 2.35. The fourth-order valence-corrected chi connectivity index (χ4v) is 3.82. The fraction of sp³-hybridized carbons (Fsp3) is 0.250. The molecule has 1 amide bonds. The number of ketones is 2. The second kappa shape index (κ2) is 5.84. The van der Waals surface area contributed by atoms with Gasteiger partial charge in [-0.1, -0.05) is 36.4 Å². The van der Waals surface area contributed by atoms with Crippen LogP contribution in [0.4, 0.5) is 5.69 Å². The normalized spacial score (nSPS) is 19.4. The number of hydrogen-bond acceptors (Lipinski definition) is 4. The molecule has 5 heteroatoms. The lowest BCUT2D eigenvalue weighted by atomic mass is 9.82. The molecule has 2 aromatic carbocycles. The second-order valence-electron chi connectivity index (χ2n) is 6.59. The molecule has 1 fully saturated rings. The van der Waals surface area contributed by atoms with Crippen LogP contribution in [0, 0.1) is 5.92 Å². The third-order valence-electron chi connectivity index (χ3n) is 5.09. The van der Waals surface area contributed by atoms with Crippen molar-refractivity contribution in [3.63, 3.8) is 0 Å². The Hall–Kier alpha value is -2.95. The van der Waals surface area contributed by atoms with Crippen LogP contribution in [-0.4, -0.2) is 30.6 Å². The number of nitrogens with zero attached hydrogens (tertiary/aromatic N) is 1. The molecule has 0 aromatic heterocycles. The number of fused-ring (bicyclic) bond motifs is 2. The summed E-state index contributed by atoms with van der Waals surface area (Å²) in [6, 6.07) is 12.3. The third kappa shape index (κ3) is 2.43. The maximum atomic E-state index is 13.1. The first-order chi connectivity index (χ1) is 12.1. The minimum absolute atomic E-state index is 0.129. The van der Waals surface area contributed by atoms with Crippen molar-refractivity contribution < 1.29 is 14.4 Å². The topological polar surface area (TPSA) is 80.5 Å². The van der Waals surface area contributed by atoms with Gasteiger partial charge < -0.3 is 10.6 Å². The predicted octanol–water partition coefficient (Wildman–Crippen LogP) is 2.16. The monoisotopic (exact) mass is 334 g/mol. The van der Waals surface area contributed by atoms with E-state index in [-0.39, 0.29) is 23.4 Å². The molecule has 1 aliphatic heterocycles. The summed E-state index contributed by atoms with van der Waals surface area (Å²) in [5.74, 6) is -0.814. The van der Waals surface area contributed by atoms with E-state index in [1.54, 1.807) is 36.4 Å². The quantitative estimate of drug-likeness (QED) is 0.779. The van der Waals surface area contributed by atoms with E-state index in [0.717, 1.165) is 25.1 Å². The number of benzene rings is 2. The lowest BCUT2D eigenvalue weighted by molar-refractivity contribution is -0.122. The molecule has 1 heterocycles. The number of anilines is 1. The van der Waals surface area contributed by atoms with Crippen molar-refractivity contribution in [2.24, 2.45) is 11.7 Å². The molecule has 4 rings (SSSR count). The number of rotatable bonds is 2. The highest BCUT2D eigenvalue weighted by Gasteiger charge is 2.34. The Bertz CT molecular complexity index is 904. The second-order valence-corrected chi connectivity index (χ2v) is 6.59. The minimum Gasteiger partial charge on any atom is -0.370 e. The SMILES string of the molecule is NC(=O)[C@@H]1CCCN(c2cccc3c2C(=O)c2ccccc2C3=O)C1. The molecule has 126 valence electrons. The van der Waals surface area contributed by atoms with E-state index >= 15 is 0 Å². The minimum atomic E-state index is -0.317. The summed E-state index contributed by atoms with van der Waals surface area (Å²) in [6.07, 6.45) is 1.59. The van der Waals surface area contributed by atoms with Gasteiger partial charge in [-0.3, -0.25) is 14.4 Å². The van der Waals surface area contributed by atoms with Crippen LogP contribution in [0.25, 0.3) is 0 Å². The fourth-order valence-electron chi connectivity index (χ4n) is 3.82. The molecule has 1 saturated heterocycles. The van der Waals surface area contributed by atoms with Gasteiger partial charge in [0.25, 0.3) is 0 Å². The molecule has 1 atom stereocenters. The Labute approximate surface area is 145 Å². The van der Waals surface area contributed by atoms with Gasteiger partial charge in [-0.15, -0.1) is 0 Å². The number of carbonyl (C=O) groups excluding carboxylic acids is 3. The molecule has 5 nitrogen and oxygen atoms in total. The van der Waals surface area contributed by atoms with Crippen molar-refractivity contribution >= 4 is 23.2 Å². The zero-order chi connectivity index (χ0) is 17.6. The third-order valence-corrected chi connectivity index (χ3v) is 5.09. The summed E-state index contributed by atoms with van der Waals surface area (Å²) in [7, 11) is 0. The molecule has 2 N–H and O–H groups in total. The molecular formula is C20H18N2O3. The molecule has 25 heavy (non-hydrogen) atoms. The Morgan fingerprint density at radius 1 is 0.960 bits per heavy atom. The Balaban J connectivity index is 1.81. The van der Waals surface area contributed by atoms with Gasteiger partial charge in [0.1, 0.15) is 0 Å². The van der Waals surface area contributed by atoms with E-state index in [2.05, 4.69) is 0 Å². The molecule has 0 saturated carbocycles. The van der Waals surface area contributed by atoms with Crippen molar-refractivity contribution in [2.75, 3.05) is 18.0 Å². The van der Waals surface area contributed by atoms with Gasteiger partial charge in [0, 0.05) is 35.5 Å². The first-order valence-electron chi connectivity index (χ1n) is 8.43. The molecular weight excluding hydrogens is 316 g/mol. The number of nitrogens with two attached hydrogens (primary N) is 1. The van der Waals surface area contributed by atoms with Crippen molar-refractivity contribution in [2.45, 2.75) is 12.8 Å². The van der Waals surface area contributed by atoms with Gasteiger partial charge in [0.2, 0.25) is 5.91 Å². The Kier molecular flexibility index (Phi) is 3.64. The maximum absolute atomic E-state index is 13.1. The van der Waals surface area contributed by atoms with Crippen LogP contribution in [0.3, 0.4) is 0 Å². The Morgan fingerprint density at radius 3 is 2.36 bits per heavy atom. The lowest BCUT2D eigenvalue weighted by Crippen LogP contribution is -2.42.